The molecule has 1 aromatic heterocycles. The summed E-state index contributed by atoms with van der Waals surface area (Å²) >= 11 is 0. The van der Waals surface area contributed by atoms with Crippen molar-refractivity contribution in [2.24, 2.45) is 0 Å². The Morgan fingerprint density at radius 1 is 1.42 bits per heavy atom. The molecular weight excluding hydrogens is 240 g/mol. The van der Waals surface area contributed by atoms with Crippen LogP contribution in [0.1, 0.15) is 18.5 Å². The molecule has 1 aromatic rings. The van der Waals surface area contributed by atoms with E-state index in [1.165, 1.54) is 5.56 Å². The maximum atomic E-state index is 12.2. The fraction of sp³-hybridized carbons (Fsp3) is 0.571. The summed E-state index contributed by atoms with van der Waals surface area (Å²) < 4.78 is 0. The van der Waals surface area contributed by atoms with Crippen molar-refractivity contribution in [2.75, 3.05) is 39.8 Å². The summed E-state index contributed by atoms with van der Waals surface area (Å²) in [7, 11) is 1.99. The highest BCUT2D eigenvalue weighted by atomic mass is 16.2. The van der Waals surface area contributed by atoms with Gasteiger partial charge < -0.3 is 10.2 Å². The molecule has 1 unspecified atom stereocenters. The van der Waals surface area contributed by atoms with Gasteiger partial charge in [0, 0.05) is 44.6 Å². The average molecular weight is 262 g/mol. The van der Waals surface area contributed by atoms with Crippen molar-refractivity contribution < 1.29 is 4.79 Å². The zero-order valence-electron chi connectivity index (χ0n) is 11.7. The molecule has 1 aliphatic rings. The number of rotatable bonds is 4. The maximum absolute atomic E-state index is 12.2. The van der Waals surface area contributed by atoms with Gasteiger partial charge >= 0.3 is 0 Å². The van der Waals surface area contributed by atoms with E-state index in [4.69, 9.17) is 0 Å². The van der Waals surface area contributed by atoms with Crippen LogP contribution in [0.2, 0.25) is 0 Å². The van der Waals surface area contributed by atoms with Gasteiger partial charge in [-0.2, -0.15) is 0 Å². The summed E-state index contributed by atoms with van der Waals surface area (Å²) in [5, 5.41) is 3.26. The highest BCUT2D eigenvalue weighted by Crippen LogP contribution is 2.17. The number of nitrogens with zero attached hydrogens (tertiary/aromatic N) is 3. The normalized spacial score (nSPS) is 17.5. The average Bonchev–Trinajstić information content (AvgIpc) is 2.48. The summed E-state index contributed by atoms with van der Waals surface area (Å²) in [5.41, 5.74) is 1.19. The van der Waals surface area contributed by atoms with Gasteiger partial charge in [-0.15, -0.1) is 0 Å². The van der Waals surface area contributed by atoms with Crippen molar-refractivity contribution in [3.05, 3.63) is 30.1 Å². The molecule has 104 valence electrons. The first kappa shape index (κ1) is 14.0. The monoisotopic (exact) mass is 262 g/mol. The second-order valence-electron chi connectivity index (χ2n) is 5.00. The van der Waals surface area contributed by atoms with Crippen LogP contribution in [0.5, 0.6) is 0 Å². The van der Waals surface area contributed by atoms with Crippen molar-refractivity contribution >= 4 is 5.91 Å². The van der Waals surface area contributed by atoms with Crippen molar-refractivity contribution in [3.63, 3.8) is 0 Å². The van der Waals surface area contributed by atoms with Crippen molar-refractivity contribution in [1.82, 2.24) is 20.1 Å². The molecular formula is C14H22N4O. The molecule has 5 nitrogen and oxygen atoms in total. The lowest BCUT2D eigenvalue weighted by Gasteiger charge is -2.31. The highest BCUT2D eigenvalue weighted by Gasteiger charge is 2.20. The van der Waals surface area contributed by atoms with Crippen molar-refractivity contribution in [1.29, 1.82) is 0 Å². The lowest BCUT2D eigenvalue weighted by atomic mass is 10.1. The molecule has 0 spiro atoms. The van der Waals surface area contributed by atoms with E-state index in [0.717, 1.165) is 26.2 Å². The van der Waals surface area contributed by atoms with Crippen LogP contribution >= 0.6 is 0 Å². The van der Waals surface area contributed by atoms with Gasteiger partial charge in [-0.1, -0.05) is 0 Å². The van der Waals surface area contributed by atoms with Gasteiger partial charge in [0.2, 0.25) is 5.91 Å². The van der Waals surface area contributed by atoms with Gasteiger partial charge in [-0.25, -0.2) is 0 Å². The van der Waals surface area contributed by atoms with E-state index in [0.29, 0.717) is 6.54 Å². The highest BCUT2D eigenvalue weighted by molar-refractivity contribution is 5.78. The van der Waals surface area contributed by atoms with E-state index in [1.807, 2.05) is 24.1 Å². The van der Waals surface area contributed by atoms with E-state index >= 15 is 0 Å². The van der Waals surface area contributed by atoms with E-state index in [-0.39, 0.29) is 11.9 Å². The first-order valence-electron chi connectivity index (χ1n) is 6.77. The molecule has 1 saturated heterocycles. The fourth-order valence-electron chi connectivity index (χ4n) is 2.26. The molecule has 2 rings (SSSR count). The molecule has 1 aliphatic heterocycles. The summed E-state index contributed by atoms with van der Waals surface area (Å²) in [4.78, 5) is 20.2. The van der Waals surface area contributed by atoms with E-state index in [2.05, 4.69) is 22.1 Å². The zero-order chi connectivity index (χ0) is 13.7. The molecule has 1 amide bonds. The fourth-order valence-corrected chi connectivity index (χ4v) is 2.26. The number of carbonyl (C=O) groups is 1. The Labute approximate surface area is 114 Å². The molecule has 1 N–H and O–H groups in total. The minimum Gasteiger partial charge on any atom is -0.339 e. The van der Waals surface area contributed by atoms with E-state index < -0.39 is 0 Å². The Morgan fingerprint density at radius 2 is 2.05 bits per heavy atom. The predicted molar refractivity (Wildman–Crippen MR) is 74.7 cm³/mol. The molecule has 0 aliphatic carbocycles. The van der Waals surface area contributed by atoms with Gasteiger partial charge in [0.05, 0.1) is 6.54 Å². The van der Waals surface area contributed by atoms with Crippen molar-refractivity contribution in [2.45, 2.75) is 13.0 Å². The Bertz CT molecular complexity index is 403. The van der Waals surface area contributed by atoms with Crippen LogP contribution in [-0.4, -0.2) is 60.5 Å². The van der Waals surface area contributed by atoms with Crippen LogP contribution in [0.4, 0.5) is 0 Å². The van der Waals surface area contributed by atoms with Crippen LogP contribution in [0.25, 0.3) is 0 Å². The standard InChI is InChI=1S/C14H22N4O/c1-12(13-3-5-15-6-4-13)17(2)11-14(19)18-9-7-16-8-10-18/h3-6,12,16H,7-11H2,1-2H3. The molecule has 0 radical (unpaired) electrons. The summed E-state index contributed by atoms with van der Waals surface area (Å²) in [6.45, 7) is 6.00. The quantitative estimate of drug-likeness (QED) is 0.859. The number of likely N-dealkylation sites (N-methyl/N-ethyl adjacent to an activating group) is 1. The Balaban J connectivity index is 1.89. The van der Waals surface area contributed by atoms with Gasteiger partial charge in [0.1, 0.15) is 0 Å². The zero-order valence-corrected chi connectivity index (χ0v) is 11.7. The topological polar surface area (TPSA) is 48.5 Å². The number of carbonyl (C=O) groups excluding carboxylic acids is 1. The maximum Gasteiger partial charge on any atom is 0.236 e. The summed E-state index contributed by atoms with van der Waals surface area (Å²) in [6, 6.07) is 4.21. The second kappa shape index (κ2) is 6.63. The van der Waals surface area contributed by atoms with Gasteiger partial charge in [0.15, 0.2) is 0 Å². The smallest absolute Gasteiger partial charge is 0.236 e. The van der Waals surface area contributed by atoms with Gasteiger partial charge in [-0.3, -0.25) is 14.7 Å². The second-order valence-corrected chi connectivity index (χ2v) is 5.00. The van der Waals surface area contributed by atoms with Gasteiger partial charge in [-0.05, 0) is 31.7 Å². The molecule has 1 fully saturated rings. The van der Waals surface area contributed by atoms with Crippen LogP contribution in [-0.2, 0) is 4.79 Å². The number of amides is 1. The third-order valence-corrected chi connectivity index (χ3v) is 3.70. The van der Waals surface area contributed by atoms with E-state index in [1.54, 1.807) is 12.4 Å². The first-order valence-corrected chi connectivity index (χ1v) is 6.77. The van der Waals surface area contributed by atoms with Crippen molar-refractivity contribution in [3.8, 4) is 0 Å². The minimum absolute atomic E-state index is 0.213. The number of pyridine rings is 1. The molecule has 0 bridgehead atoms. The van der Waals surface area contributed by atoms with Crippen LogP contribution in [0.3, 0.4) is 0 Å². The molecule has 5 heteroatoms. The largest absolute Gasteiger partial charge is 0.339 e. The van der Waals surface area contributed by atoms with Crippen LogP contribution in [0, 0.1) is 0 Å². The first-order chi connectivity index (χ1) is 9.18. The number of aromatic nitrogens is 1. The van der Waals surface area contributed by atoms with Crippen LogP contribution in [0.15, 0.2) is 24.5 Å². The summed E-state index contributed by atoms with van der Waals surface area (Å²) in [6.07, 6.45) is 3.58. The number of hydrogen-bond donors (Lipinski definition) is 1. The van der Waals surface area contributed by atoms with E-state index in [9.17, 15) is 4.79 Å². The lowest BCUT2D eigenvalue weighted by molar-refractivity contribution is -0.133. The number of hydrogen-bond acceptors (Lipinski definition) is 4. The lowest BCUT2D eigenvalue weighted by Crippen LogP contribution is -2.49. The molecule has 1 atom stereocenters. The molecule has 0 saturated carbocycles. The minimum atomic E-state index is 0.213. The Hall–Kier alpha value is -1.46. The predicted octanol–water partition coefficient (Wildman–Crippen LogP) is 0.506. The third kappa shape index (κ3) is 3.75. The summed E-state index contributed by atoms with van der Waals surface area (Å²) in [5.74, 6) is 0.213. The molecule has 0 aromatic carbocycles. The third-order valence-electron chi connectivity index (χ3n) is 3.70. The molecule has 2 heterocycles. The van der Waals surface area contributed by atoms with Crippen LogP contribution < -0.4 is 5.32 Å². The number of nitrogens with one attached hydrogen (secondary N) is 1. The molecule has 19 heavy (non-hydrogen) atoms. The Kier molecular flexibility index (Phi) is 4.87. The Morgan fingerprint density at radius 3 is 2.68 bits per heavy atom. The SMILES string of the molecule is CC(c1ccncc1)N(C)CC(=O)N1CCNCC1. The number of piperazine rings is 1. The van der Waals surface area contributed by atoms with Gasteiger partial charge in [0.25, 0.3) is 0 Å².